The number of hydrogen-bond acceptors (Lipinski definition) is 3. The van der Waals surface area contributed by atoms with E-state index in [1.54, 1.807) is 0 Å². The molecule has 23 heavy (non-hydrogen) atoms. The van der Waals surface area contributed by atoms with Crippen molar-refractivity contribution in [2.24, 2.45) is 0 Å². The lowest BCUT2D eigenvalue weighted by atomic mass is 10.1. The van der Waals surface area contributed by atoms with Gasteiger partial charge in [-0.25, -0.2) is 9.97 Å². The predicted octanol–water partition coefficient (Wildman–Crippen LogP) is 5.63. The summed E-state index contributed by atoms with van der Waals surface area (Å²) in [4.78, 5) is 8.76. The summed E-state index contributed by atoms with van der Waals surface area (Å²) in [6.45, 7) is 2.06. The number of fused-ring (bicyclic) bond motifs is 1. The van der Waals surface area contributed by atoms with Crippen LogP contribution < -0.4 is 5.32 Å². The number of aromatic nitrogens is 2. The molecule has 0 bridgehead atoms. The van der Waals surface area contributed by atoms with Gasteiger partial charge < -0.3 is 5.32 Å². The standard InChI is InChI=1S/C17H14Cl3N3/c1-11(12-7-3-2-4-8-12)21-15-13-9-5-6-10-14(13)22-16(23-15)17(18,19)20/h2-11H,1H3,(H,21,22,23). The third-order valence-corrected chi connectivity index (χ3v) is 4.02. The van der Waals surface area contributed by atoms with Crippen LogP contribution in [0.15, 0.2) is 54.6 Å². The molecular formula is C17H14Cl3N3. The van der Waals surface area contributed by atoms with E-state index in [2.05, 4.69) is 34.3 Å². The third kappa shape index (κ3) is 3.69. The number of halogens is 3. The SMILES string of the molecule is CC(Nc1nc(C(Cl)(Cl)Cl)nc2ccccc12)c1ccccc1. The van der Waals surface area contributed by atoms with Gasteiger partial charge in [0.1, 0.15) is 5.82 Å². The summed E-state index contributed by atoms with van der Waals surface area (Å²) in [5.74, 6) is 0.803. The second-order valence-corrected chi connectivity index (χ2v) is 7.47. The van der Waals surface area contributed by atoms with Gasteiger partial charge in [0.05, 0.1) is 5.52 Å². The molecule has 0 radical (unpaired) electrons. The topological polar surface area (TPSA) is 37.8 Å². The Labute approximate surface area is 149 Å². The first-order valence-electron chi connectivity index (χ1n) is 7.10. The van der Waals surface area contributed by atoms with Crippen LogP contribution in [-0.4, -0.2) is 9.97 Å². The zero-order valence-electron chi connectivity index (χ0n) is 12.3. The molecule has 1 heterocycles. The van der Waals surface area contributed by atoms with Gasteiger partial charge in [-0.1, -0.05) is 77.3 Å². The van der Waals surface area contributed by atoms with Crippen LogP contribution in [0.3, 0.4) is 0 Å². The molecule has 1 aromatic heterocycles. The maximum atomic E-state index is 5.96. The molecule has 1 atom stereocenters. The van der Waals surface area contributed by atoms with Crippen LogP contribution in [0.5, 0.6) is 0 Å². The smallest absolute Gasteiger partial charge is 0.250 e. The fourth-order valence-corrected chi connectivity index (χ4v) is 2.60. The first-order chi connectivity index (χ1) is 10.9. The Kier molecular flexibility index (Phi) is 4.62. The molecule has 0 spiro atoms. The zero-order valence-corrected chi connectivity index (χ0v) is 14.6. The highest BCUT2D eigenvalue weighted by atomic mass is 35.6. The molecule has 6 heteroatoms. The molecule has 3 nitrogen and oxygen atoms in total. The third-order valence-electron chi connectivity index (χ3n) is 3.51. The molecule has 2 aromatic carbocycles. The normalized spacial score (nSPS) is 13.0. The largest absolute Gasteiger partial charge is 0.363 e. The fourth-order valence-electron chi connectivity index (χ4n) is 2.34. The Bertz CT molecular complexity index is 816. The van der Waals surface area contributed by atoms with E-state index in [4.69, 9.17) is 34.8 Å². The number of hydrogen-bond donors (Lipinski definition) is 1. The summed E-state index contributed by atoms with van der Waals surface area (Å²) < 4.78 is -1.67. The molecule has 0 aliphatic carbocycles. The summed E-state index contributed by atoms with van der Waals surface area (Å²) >= 11 is 17.9. The van der Waals surface area contributed by atoms with Crippen molar-refractivity contribution >= 4 is 51.5 Å². The van der Waals surface area contributed by atoms with E-state index in [0.29, 0.717) is 5.82 Å². The first kappa shape index (κ1) is 16.3. The molecule has 3 aromatic rings. The first-order valence-corrected chi connectivity index (χ1v) is 8.24. The van der Waals surface area contributed by atoms with Gasteiger partial charge in [-0.3, -0.25) is 0 Å². The van der Waals surface area contributed by atoms with Crippen molar-refractivity contribution in [2.75, 3.05) is 5.32 Å². The highest BCUT2D eigenvalue weighted by molar-refractivity contribution is 6.66. The van der Waals surface area contributed by atoms with Gasteiger partial charge in [-0.15, -0.1) is 0 Å². The Morgan fingerprint density at radius 3 is 2.26 bits per heavy atom. The molecule has 1 N–H and O–H groups in total. The van der Waals surface area contributed by atoms with Crippen molar-refractivity contribution in [3.05, 3.63) is 66.0 Å². The van der Waals surface area contributed by atoms with E-state index < -0.39 is 3.79 Å². The highest BCUT2D eigenvalue weighted by Gasteiger charge is 2.28. The van der Waals surface area contributed by atoms with Crippen molar-refractivity contribution in [2.45, 2.75) is 16.8 Å². The summed E-state index contributed by atoms with van der Waals surface area (Å²) in [5.41, 5.74) is 1.87. The van der Waals surface area contributed by atoms with Gasteiger partial charge >= 0.3 is 0 Å². The van der Waals surface area contributed by atoms with Crippen LogP contribution >= 0.6 is 34.8 Å². The van der Waals surface area contributed by atoms with Crippen LogP contribution in [0.2, 0.25) is 0 Å². The molecule has 0 aliphatic heterocycles. The number of anilines is 1. The van der Waals surface area contributed by atoms with Gasteiger partial charge in [-0.2, -0.15) is 0 Å². The zero-order chi connectivity index (χ0) is 16.4. The van der Waals surface area contributed by atoms with E-state index in [0.717, 1.165) is 16.5 Å². The van der Waals surface area contributed by atoms with E-state index in [1.165, 1.54) is 0 Å². The summed E-state index contributed by atoms with van der Waals surface area (Å²) in [6, 6.07) is 17.8. The Morgan fingerprint density at radius 2 is 1.57 bits per heavy atom. The van der Waals surface area contributed by atoms with Crippen molar-refractivity contribution in [1.82, 2.24) is 9.97 Å². The van der Waals surface area contributed by atoms with Crippen molar-refractivity contribution < 1.29 is 0 Å². The van der Waals surface area contributed by atoms with Crippen molar-refractivity contribution in [3.63, 3.8) is 0 Å². The molecular weight excluding hydrogens is 353 g/mol. The molecule has 3 rings (SSSR count). The fraction of sp³-hybridized carbons (Fsp3) is 0.176. The number of para-hydroxylation sites is 1. The minimum absolute atomic E-state index is 0.0535. The van der Waals surface area contributed by atoms with Gasteiger partial charge in [0.15, 0.2) is 5.82 Å². The number of benzene rings is 2. The number of rotatable bonds is 3. The van der Waals surface area contributed by atoms with Crippen molar-refractivity contribution in [3.8, 4) is 0 Å². The summed E-state index contributed by atoms with van der Waals surface area (Å²) in [7, 11) is 0. The van der Waals surface area contributed by atoms with E-state index in [1.807, 2.05) is 42.5 Å². The second-order valence-electron chi connectivity index (χ2n) is 5.19. The van der Waals surface area contributed by atoms with Gasteiger partial charge in [0.2, 0.25) is 3.79 Å². The number of alkyl halides is 3. The molecule has 0 saturated heterocycles. The van der Waals surface area contributed by atoms with Gasteiger partial charge in [-0.05, 0) is 24.6 Å². The van der Waals surface area contributed by atoms with E-state index >= 15 is 0 Å². The summed E-state index contributed by atoms with van der Waals surface area (Å²) in [6.07, 6.45) is 0. The quantitative estimate of drug-likeness (QED) is 0.610. The molecule has 1 unspecified atom stereocenters. The molecule has 118 valence electrons. The average Bonchev–Trinajstić information content (AvgIpc) is 2.54. The predicted molar refractivity (Wildman–Crippen MR) is 97.3 cm³/mol. The highest BCUT2D eigenvalue weighted by Crippen LogP contribution is 2.38. The second kappa shape index (κ2) is 6.52. The molecule has 0 aliphatic rings. The van der Waals surface area contributed by atoms with E-state index in [-0.39, 0.29) is 11.9 Å². The maximum absolute atomic E-state index is 5.96. The van der Waals surface area contributed by atoms with Crippen molar-refractivity contribution in [1.29, 1.82) is 0 Å². The molecule has 0 fully saturated rings. The Hall–Kier alpha value is -1.55. The lowest BCUT2D eigenvalue weighted by Crippen LogP contribution is -2.13. The minimum Gasteiger partial charge on any atom is -0.363 e. The lowest BCUT2D eigenvalue weighted by molar-refractivity contribution is 0.867. The van der Waals surface area contributed by atoms with Crippen LogP contribution in [-0.2, 0) is 3.79 Å². The Balaban J connectivity index is 2.05. The van der Waals surface area contributed by atoms with Gasteiger partial charge in [0, 0.05) is 11.4 Å². The van der Waals surface area contributed by atoms with Gasteiger partial charge in [0.25, 0.3) is 0 Å². The minimum atomic E-state index is -1.67. The van der Waals surface area contributed by atoms with Crippen LogP contribution in [0.25, 0.3) is 10.9 Å². The van der Waals surface area contributed by atoms with Crippen LogP contribution in [0.4, 0.5) is 5.82 Å². The molecule has 0 saturated carbocycles. The Morgan fingerprint density at radius 1 is 0.913 bits per heavy atom. The summed E-state index contributed by atoms with van der Waals surface area (Å²) in [5, 5.41) is 4.27. The average molecular weight is 367 g/mol. The molecule has 0 amide bonds. The maximum Gasteiger partial charge on any atom is 0.250 e. The van der Waals surface area contributed by atoms with Crippen LogP contribution in [0.1, 0.15) is 24.4 Å². The lowest BCUT2D eigenvalue weighted by Gasteiger charge is -2.18. The number of nitrogens with zero attached hydrogens (tertiary/aromatic N) is 2. The van der Waals surface area contributed by atoms with Crippen LogP contribution in [0, 0.1) is 0 Å². The van der Waals surface area contributed by atoms with E-state index in [9.17, 15) is 0 Å². The number of nitrogens with one attached hydrogen (secondary N) is 1. The monoisotopic (exact) mass is 365 g/mol.